The third-order valence-corrected chi connectivity index (χ3v) is 6.63. The quantitative estimate of drug-likeness (QED) is 0.639. The van der Waals surface area contributed by atoms with Gasteiger partial charge in [0.2, 0.25) is 15.9 Å². The number of aromatic nitrogens is 2. The van der Waals surface area contributed by atoms with Crippen LogP contribution in [0.3, 0.4) is 0 Å². The van der Waals surface area contributed by atoms with Crippen molar-refractivity contribution in [1.82, 2.24) is 14.1 Å². The molecule has 0 saturated carbocycles. The zero-order valence-electron chi connectivity index (χ0n) is 16.8. The van der Waals surface area contributed by atoms with Crippen LogP contribution in [0.25, 0.3) is 0 Å². The Hall–Kier alpha value is -2.91. The molecule has 3 rings (SSSR count). The van der Waals surface area contributed by atoms with Crippen LogP contribution in [0.2, 0.25) is 0 Å². The Morgan fingerprint density at radius 2 is 1.86 bits per heavy atom. The topological polar surface area (TPSA) is 97.4 Å². The first-order chi connectivity index (χ1) is 13.7. The lowest BCUT2D eigenvalue weighted by Gasteiger charge is -2.16. The summed E-state index contributed by atoms with van der Waals surface area (Å²) in [4.78, 5) is 12.5. The Bertz CT molecular complexity index is 1100. The van der Waals surface area contributed by atoms with E-state index in [4.69, 9.17) is 4.42 Å². The summed E-state index contributed by atoms with van der Waals surface area (Å²) >= 11 is 0. The summed E-state index contributed by atoms with van der Waals surface area (Å²) in [6, 6.07) is 10.8. The van der Waals surface area contributed by atoms with Gasteiger partial charge in [0.25, 0.3) is 0 Å². The van der Waals surface area contributed by atoms with E-state index in [-0.39, 0.29) is 23.9 Å². The summed E-state index contributed by atoms with van der Waals surface area (Å²) in [7, 11) is -2.31. The summed E-state index contributed by atoms with van der Waals surface area (Å²) in [6.07, 6.45) is 1.50. The highest BCUT2D eigenvalue weighted by molar-refractivity contribution is 7.89. The summed E-state index contributed by atoms with van der Waals surface area (Å²) in [5, 5.41) is 7.07. The molecule has 1 aromatic carbocycles. The predicted molar refractivity (Wildman–Crippen MR) is 109 cm³/mol. The van der Waals surface area contributed by atoms with Gasteiger partial charge in [-0.25, -0.2) is 8.42 Å². The first-order valence-corrected chi connectivity index (χ1v) is 10.5. The van der Waals surface area contributed by atoms with Crippen molar-refractivity contribution >= 4 is 21.6 Å². The van der Waals surface area contributed by atoms with E-state index in [0.717, 1.165) is 5.56 Å². The zero-order valence-corrected chi connectivity index (χ0v) is 17.7. The molecule has 0 unspecified atom stereocenters. The maximum absolute atomic E-state index is 13.1. The molecule has 9 heteroatoms. The SMILES string of the molecule is Cc1ccc(NC(=O)Cn2nc(C)c(S(=O)(=O)N(C)Cc3ccco3)c2C)cc1. The Kier molecular flexibility index (Phi) is 5.90. The second kappa shape index (κ2) is 8.22. The van der Waals surface area contributed by atoms with Crippen molar-refractivity contribution in [3.05, 3.63) is 65.4 Å². The number of benzene rings is 1. The standard InChI is InChI=1S/C20H24N4O4S/c1-14-7-9-17(10-8-14)21-19(25)13-24-16(3)20(15(2)22-24)29(26,27)23(4)12-18-6-5-11-28-18/h5-11H,12-13H2,1-4H3,(H,21,25). The van der Waals surface area contributed by atoms with Gasteiger partial charge < -0.3 is 9.73 Å². The Labute approximate surface area is 170 Å². The fourth-order valence-corrected chi connectivity index (χ4v) is 4.55. The molecule has 0 aliphatic carbocycles. The highest BCUT2D eigenvalue weighted by Crippen LogP contribution is 2.24. The van der Waals surface area contributed by atoms with Gasteiger partial charge in [0.1, 0.15) is 17.2 Å². The fourth-order valence-electron chi connectivity index (χ4n) is 3.04. The summed E-state index contributed by atoms with van der Waals surface area (Å²) in [5.74, 6) is 0.253. The number of aryl methyl sites for hydroxylation is 2. The number of amides is 1. The molecule has 0 fully saturated rings. The molecule has 154 valence electrons. The first kappa shape index (κ1) is 20.8. The van der Waals surface area contributed by atoms with Crippen LogP contribution in [0.5, 0.6) is 0 Å². The number of nitrogens with one attached hydrogen (secondary N) is 1. The van der Waals surface area contributed by atoms with Crippen molar-refractivity contribution < 1.29 is 17.6 Å². The van der Waals surface area contributed by atoms with Crippen LogP contribution in [0.1, 0.15) is 22.7 Å². The van der Waals surface area contributed by atoms with Crippen molar-refractivity contribution in [2.75, 3.05) is 12.4 Å². The third-order valence-electron chi connectivity index (χ3n) is 4.57. The molecule has 3 aromatic rings. The normalized spacial score (nSPS) is 11.8. The van der Waals surface area contributed by atoms with Crippen molar-refractivity contribution in [1.29, 1.82) is 0 Å². The molecule has 0 saturated heterocycles. The molecule has 0 radical (unpaired) electrons. The second-order valence-electron chi connectivity index (χ2n) is 6.91. The van der Waals surface area contributed by atoms with Crippen LogP contribution in [0, 0.1) is 20.8 Å². The molecule has 2 aromatic heterocycles. The van der Waals surface area contributed by atoms with E-state index < -0.39 is 10.0 Å². The van der Waals surface area contributed by atoms with Crippen LogP contribution in [-0.4, -0.2) is 35.5 Å². The summed E-state index contributed by atoms with van der Waals surface area (Å²) in [5.41, 5.74) is 2.52. The molecule has 8 nitrogen and oxygen atoms in total. The number of nitrogens with zero attached hydrogens (tertiary/aromatic N) is 3. The van der Waals surface area contributed by atoms with Crippen LogP contribution in [0.15, 0.2) is 52.0 Å². The molecule has 0 aliphatic rings. The van der Waals surface area contributed by atoms with Gasteiger partial charge in [-0.3, -0.25) is 9.48 Å². The van der Waals surface area contributed by atoms with Crippen LogP contribution < -0.4 is 5.32 Å². The maximum atomic E-state index is 13.1. The molecule has 2 heterocycles. The highest BCUT2D eigenvalue weighted by Gasteiger charge is 2.29. The van der Waals surface area contributed by atoms with E-state index in [1.807, 2.05) is 31.2 Å². The number of anilines is 1. The molecular formula is C20H24N4O4S. The Morgan fingerprint density at radius 3 is 2.48 bits per heavy atom. The average molecular weight is 417 g/mol. The number of carbonyl (C=O) groups is 1. The van der Waals surface area contributed by atoms with Gasteiger partial charge in [-0.15, -0.1) is 0 Å². The van der Waals surface area contributed by atoms with Crippen molar-refractivity contribution in [2.45, 2.75) is 38.8 Å². The highest BCUT2D eigenvalue weighted by atomic mass is 32.2. The maximum Gasteiger partial charge on any atom is 0.246 e. The number of rotatable bonds is 7. The lowest BCUT2D eigenvalue weighted by Crippen LogP contribution is -2.27. The lowest BCUT2D eigenvalue weighted by molar-refractivity contribution is -0.116. The van der Waals surface area contributed by atoms with E-state index in [2.05, 4.69) is 10.4 Å². The van der Waals surface area contributed by atoms with E-state index >= 15 is 0 Å². The number of hydrogen-bond acceptors (Lipinski definition) is 5. The first-order valence-electron chi connectivity index (χ1n) is 9.07. The van der Waals surface area contributed by atoms with E-state index in [9.17, 15) is 13.2 Å². The molecule has 0 atom stereocenters. The van der Waals surface area contributed by atoms with Crippen molar-refractivity contribution in [3.63, 3.8) is 0 Å². The molecule has 0 aliphatic heterocycles. The van der Waals surface area contributed by atoms with Gasteiger partial charge in [0.15, 0.2) is 0 Å². The molecule has 0 spiro atoms. The number of carbonyl (C=O) groups excluding carboxylic acids is 1. The van der Waals surface area contributed by atoms with Crippen molar-refractivity contribution in [2.24, 2.45) is 0 Å². The average Bonchev–Trinajstić information content (AvgIpc) is 3.25. The fraction of sp³-hybridized carbons (Fsp3) is 0.300. The van der Waals surface area contributed by atoms with Gasteiger partial charge in [-0.2, -0.15) is 9.40 Å². The molecular weight excluding hydrogens is 392 g/mol. The molecule has 1 N–H and O–H groups in total. The largest absolute Gasteiger partial charge is 0.468 e. The molecule has 1 amide bonds. The zero-order chi connectivity index (χ0) is 21.2. The lowest BCUT2D eigenvalue weighted by atomic mass is 10.2. The minimum Gasteiger partial charge on any atom is -0.468 e. The van der Waals surface area contributed by atoms with Crippen LogP contribution in [-0.2, 0) is 27.9 Å². The van der Waals surface area contributed by atoms with Gasteiger partial charge >= 0.3 is 0 Å². The van der Waals surface area contributed by atoms with Crippen molar-refractivity contribution in [3.8, 4) is 0 Å². The smallest absolute Gasteiger partial charge is 0.246 e. The van der Waals surface area contributed by atoms with Crippen LogP contribution in [0.4, 0.5) is 5.69 Å². The monoisotopic (exact) mass is 416 g/mol. The Balaban J connectivity index is 1.78. The Morgan fingerprint density at radius 1 is 1.17 bits per heavy atom. The van der Waals surface area contributed by atoms with Crippen LogP contribution >= 0.6 is 0 Å². The number of sulfonamides is 1. The predicted octanol–water partition coefficient (Wildman–Crippen LogP) is 2.86. The minimum absolute atomic E-state index is 0.0853. The molecule has 0 bridgehead atoms. The van der Waals surface area contributed by atoms with E-state index in [1.54, 1.807) is 26.0 Å². The third kappa shape index (κ3) is 4.57. The summed E-state index contributed by atoms with van der Waals surface area (Å²) < 4.78 is 34.0. The molecule has 29 heavy (non-hydrogen) atoms. The van der Waals surface area contributed by atoms with Gasteiger partial charge in [-0.05, 0) is 45.0 Å². The number of furan rings is 1. The van der Waals surface area contributed by atoms with Gasteiger partial charge in [0, 0.05) is 12.7 Å². The van der Waals surface area contributed by atoms with E-state index in [0.29, 0.717) is 22.8 Å². The van der Waals surface area contributed by atoms with Gasteiger partial charge in [0.05, 0.1) is 24.2 Å². The number of hydrogen-bond donors (Lipinski definition) is 1. The minimum atomic E-state index is -3.80. The second-order valence-corrected chi connectivity index (χ2v) is 8.89. The van der Waals surface area contributed by atoms with Gasteiger partial charge in [-0.1, -0.05) is 17.7 Å². The summed E-state index contributed by atoms with van der Waals surface area (Å²) in [6.45, 7) is 5.25. The van der Waals surface area contributed by atoms with E-state index in [1.165, 1.54) is 22.3 Å².